The number of aromatic nitrogens is 4. The summed E-state index contributed by atoms with van der Waals surface area (Å²) >= 11 is 0. The molecule has 0 bridgehead atoms. The smallest absolute Gasteiger partial charge is 0.297 e. The monoisotopic (exact) mass is 617 g/mol. The lowest BCUT2D eigenvalue weighted by atomic mass is 10.0. The fourth-order valence-electron chi connectivity index (χ4n) is 4.41. The van der Waals surface area contributed by atoms with Gasteiger partial charge in [0.05, 0.1) is 6.20 Å². The first kappa shape index (κ1) is 36.0. The van der Waals surface area contributed by atoms with Crippen molar-refractivity contribution in [1.29, 1.82) is 0 Å². The van der Waals surface area contributed by atoms with E-state index in [-0.39, 0.29) is 23.0 Å². The lowest BCUT2D eigenvalue weighted by molar-refractivity contribution is -0.124. The SMILES string of the molecule is CC.CCCC/C(=C\c1cnc(N)cc1C)CNC(=O)C1CCc2ncc(NC)c(=O)n21.NC(C=O)=NC(=O)c1ccccn1. The van der Waals surface area contributed by atoms with Crippen LogP contribution in [0.1, 0.15) is 79.9 Å². The van der Waals surface area contributed by atoms with Gasteiger partial charge in [0.1, 0.15) is 29.1 Å². The molecule has 0 aliphatic carbocycles. The van der Waals surface area contributed by atoms with Crippen molar-refractivity contribution >= 4 is 41.5 Å². The first-order valence-electron chi connectivity index (χ1n) is 14.9. The predicted molar refractivity (Wildman–Crippen MR) is 177 cm³/mol. The van der Waals surface area contributed by atoms with Crippen LogP contribution in [0, 0.1) is 6.92 Å². The van der Waals surface area contributed by atoms with Crippen LogP contribution >= 0.6 is 0 Å². The third-order valence-corrected chi connectivity index (χ3v) is 6.70. The Kier molecular flexibility index (Phi) is 14.8. The second kappa shape index (κ2) is 18.5. The average Bonchev–Trinajstić information content (AvgIpc) is 3.50. The van der Waals surface area contributed by atoms with Gasteiger partial charge in [0.2, 0.25) is 5.91 Å². The van der Waals surface area contributed by atoms with Crippen molar-refractivity contribution in [3.05, 3.63) is 81.4 Å². The summed E-state index contributed by atoms with van der Waals surface area (Å²) < 4.78 is 1.52. The van der Waals surface area contributed by atoms with Crippen molar-refractivity contribution in [3.63, 3.8) is 0 Å². The van der Waals surface area contributed by atoms with Gasteiger partial charge in [-0.15, -0.1) is 0 Å². The number of amidine groups is 1. The molecule has 0 saturated carbocycles. The predicted octanol–water partition coefficient (Wildman–Crippen LogP) is 3.25. The van der Waals surface area contributed by atoms with Gasteiger partial charge in [-0.1, -0.05) is 44.9 Å². The minimum atomic E-state index is -0.620. The molecule has 1 aliphatic heterocycles. The summed E-state index contributed by atoms with van der Waals surface area (Å²) in [5.41, 5.74) is 14.3. The van der Waals surface area contributed by atoms with Crippen molar-refractivity contribution < 1.29 is 14.4 Å². The Morgan fingerprint density at radius 1 is 1.18 bits per heavy atom. The molecule has 6 N–H and O–H groups in total. The number of rotatable bonds is 10. The number of aliphatic imine (C=N–C) groups is 1. The molecule has 4 rings (SSSR count). The maximum absolute atomic E-state index is 12.9. The lowest BCUT2D eigenvalue weighted by Gasteiger charge is -2.16. The van der Waals surface area contributed by atoms with Crippen LogP contribution in [0.25, 0.3) is 6.08 Å². The molecule has 13 heteroatoms. The van der Waals surface area contributed by atoms with Crippen molar-refractivity contribution in [2.24, 2.45) is 10.7 Å². The third kappa shape index (κ3) is 10.5. The van der Waals surface area contributed by atoms with E-state index in [1.165, 1.54) is 23.0 Å². The fraction of sp³-hybridized carbons (Fsp3) is 0.375. The Labute approximate surface area is 263 Å². The van der Waals surface area contributed by atoms with Gasteiger partial charge in [0.25, 0.3) is 11.5 Å². The Morgan fingerprint density at radius 2 is 1.93 bits per heavy atom. The highest BCUT2D eigenvalue weighted by Gasteiger charge is 2.30. The van der Waals surface area contributed by atoms with Crippen LogP contribution in [0.4, 0.5) is 11.5 Å². The van der Waals surface area contributed by atoms with E-state index in [0.717, 1.165) is 36.0 Å². The summed E-state index contributed by atoms with van der Waals surface area (Å²) in [6.07, 6.45) is 11.3. The van der Waals surface area contributed by atoms with Gasteiger partial charge in [-0.3, -0.25) is 28.7 Å². The van der Waals surface area contributed by atoms with Crippen LogP contribution < -0.4 is 27.7 Å². The number of unbranched alkanes of at least 4 members (excludes halogenated alkanes) is 1. The minimum absolute atomic E-state index is 0.152. The van der Waals surface area contributed by atoms with Gasteiger partial charge >= 0.3 is 0 Å². The highest BCUT2D eigenvalue weighted by Crippen LogP contribution is 2.23. The molecule has 0 saturated heterocycles. The van der Waals surface area contributed by atoms with Crippen LogP contribution in [0.15, 0.2) is 58.2 Å². The van der Waals surface area contributed by atoms with E-state index in [4.69, 9.17) is 11.5 Å². The number of hydrogen-bond acceptors (Lipinski definition) is 9. The Bertz CT molecular complexity index is 1570. The topological polar surface area (TPSA) is 200 Å². The van der Waals surface area contributed by atoms with E-state index in [1.54, 1.807) is 25.4 Å². The first-order chi connectivity index (χ1) is 21.7. The van der Waals surface area contributed by atoms with Gasteiger partial charge in [-0.2, -0.15) is 4.99 Å². The summed E-state index contributed by atoms with van der Waals surface area (Å²) in [5.74, 6) is 0.0266. The quantitative estimate of drug-likeness (QED) is 0.149. The summed E-state index contributed by atoms with van der Waals surface area (Å²) in [6.45, 7) is 8.57. The number of aldehydes is 1. The zero-order valence-electron chi connectivity index (χ0n) is 26.5. The normalized spacial score (nSPS) is 13.8. The molecule has 1 unspecified atom stereocenters. The second-order valence-electron chi connectivity index (χ2n) is 9.83. The molecule has 3 aromatic rings. The number of nitrogens with zero attached hydrogens (tertiary/aromatic N) is 5. The number of hydrogen-bond donors (Lipinski definition) is 4. The molecule has 0 spiro atoms. The van der Waals surface area contributed by atoms with Crippen LogP contribution in [0.5, 0.6) is 0 Å². The second-order valence-corrected chi connectivity index (χ2v) is 9.83. The minimum Gasteiger partial charge on any atom is -0.384 e. The molecule has 0 radical (unpaired) electrons. The number of carbonyl (C=O) groups excluding carboxylic acids is 3. The summed E-state index contributed by atoms with van der Waals surface area (Å²) in [5, 5.41) is 5.87. The summed E-state index contributed by atoms with van der Waals surface area (Å²) in [6, 6.07) is 6.12. The zero-order chi connectivity index (χ0) is 33.4. The van der Waals surface area contributed by atoms with Crippen LogP contribution in [0.2, 0.25) is 0 Å². The number of nitrogens with one attached hydrogen (secondary N) is 2. The molecule has 0 fully saturated rings. The number of amides is 2. The number of nitrogens with two attached hydrogens (primary N) is 2. The van der Waals surface area contributed by atoms with Crippen LogP contribution in [-0.4, -0.2) is 57.0 Å². The molecule has 2 amide bonds. The third-order valence-electron chi connectivity index (χ3n) is 6.70. The number of fused-ring (bicyclic) bond motifs is 1. The van der Waals surface area contributed by atoms with E-state index in [1.807, 2.05) is 26.8 Å². The van der Waals surface area contributed by atoms with Crippen molar-refractivity contribution in [1.82, 2.24) is 24.8 Å². The first-order valence-corrected chi connectivity index (χ1v) is 14.9. The van der Waals surface area contributed by atoms with Crippen LogP contribution in [-0.2, 0) is 16.0 Å². The number of aryl methyl sites for hydroxylation is 2. The van der Waals surface area contributed by atoms with Crippen LogP contribution in [0.3, 0.4) is 0 Å². The average molecular weight is 618 g/mol. The molecule has 4 heterocycles. The van der Waals surface area contributed by atoms with Crippen molar-refractivity contribution in [2.45, 2.75) is 65.8 Å². The maximum Gasteiger partial charge on any atom is 0.297 e. The van der Waals surface area contributed by atoms with Gasteiger partial charge in [-0.25, -0.2) is 9.97 Å². The summed E-state index contributed by atoms with van der Waals surface area (Å²) in [4.78, 5) is 62.3. The molecular formula is C32H43N9O4. The lowest BCUT2D eigenvalue weighted by Crippen LogP contribution is -2.37. The van der Waals surface area contributed by atoms with Gasteiger partial charge in [0, 0.05) is 32.4 Å². The van der Waals surface area contributed by atoms with Gasteiger partial charge in [-0.05, 0) is 55.5 Å². The van der Waals surface area contributed by atoms with E-state index in [0.29, 0.717) is 43.0 Å². The van der Waals surface area contributed by atoms with E-state index < -0.39 is 11.9 Å². The number of nitrogen functional groups attached to an aromatic ring is 1. The standard InChI is InChI=1S/C22H30N6O2.C8H7N3O2.C2H6/c1-4-5-6-15(10-16-12-25-19(23)9-14(16)2)11-27-21(29)18-7-8-20-26-13-17(24-3)22(30)28(18)20;9-7(5-12)11-8(13)6-3-1-2-4-10-6;1-2/h9-10,12-13,18,24H,4-8,11H2,1-3H3,(H2,23,25)(H,27,29);1-5H,(H2,9,11,13);1-2H3/b15-10+;;. The van der Waals surface area contributed by atoms with Gasteiger partial charge < -0.3 is 22.1 Å². The van der Waals surface area contributed by atoms with Crippen molar-refractivity contribution in [2.75, 3.05) is 24.6 Å². The largest absolute Gasteiger partial charge is 0.384 e. The Balaban J connectivity index is 0.000000393. The summed E-state index contributed by atoms with van der Waals surface area (Å²) in [7, 11) is 1.67. The molecule has 45 heavy (non-hydrogen) atoms. The molecule has 13 nitrogen and oxygen atoms in total. The number of pyridine rings is 2. The van der Waals surface area contributed by atoms with E-state index in [9.17, 15) is 19.2 Å². The Morgan fingerprint density at radius 3 is 2.56 bits per heavy atom. The molecule has 3 aromatic heterocycles. The van der Waals surface area contributed by atoms with Crippen molar-refractivity contribution in [3.8, 4) is 0 Å². The van der Waals surface area contributed by atoms with E-state index in [2.05, 4.69) is 43.6 Å². The van der Waals surface area contributed by atoms with Gasteiger partial charge in [0.15, 0.2) is 12.1 Å². The molecule has 1 aliphatic rings. The number of anilines is 2. The molecule has 1 atom stereocenters. The molecule has 0 aromatic carbocycles. The maximum atomic E-state index is 12.9. The molecule has 240 valence electrons. The highest BCUT2D eigenvalue weighted by molar-refractivity contribution is 6.29. The fourth-order valence-corrected chi connectivity index (χ4v) is 4.41. The number of carbonyl (C=O) groups is 3. The molecular weight excluding hydrogens is 574 g/mol. The van der Waals surface area contributed by atoms with E-state index >= 15 is 0 Å². The zero-order valence-corrected chi connectivity index (χ0v) is 26.5. The highest BCUT2D eigenvalue weighted by atomic mass is 16.2. The Hall–Kier alpha value is -5.20.